The molecule has 7 nitrogen and oxygen atoms in total. The van der Waals surface area contributed by atoms with Crippen molar-refractivity contribution >= 4 is 11.7 Å². The maximum Gasteiger partial charge on any atom is 0.190 e. The van der Waals surface area contributed by atoms with Crippen LogP contribution in [0.1, 0.15) is 31.4 Å². The molecule has 0 saturated carbocycles. The topological polar surface area (TPSA) is 108 Å². The largest absolute Gasteiger partial charge is 0.409 e. The van der Waals surface area contributed by atoms with Gasteiger partial charge in [0.05, 0.1) is 12.4 Å². The highest BCUT2D eigenvalue weighted by Gasteiger charge is 2.25. The Labute approximate surface area is 111 Å². The third kappa shape index (κ3) is 3.11. The lowest BCUT2D eigenvalue weighted by Gasteiger charge is -2.25. The molecule has 1 fully saturated rings. The van der Waals surface area contributed by atoms with Crippen molar-refractivity contribution in [3.05, 3.63) is 18.1 Å². The van der Waals surface area contributed by atoms with E-state index in [9.17, 15) is 0 Å². The van der Waals surface area contributed by atoms with Crippen LogP contribution < -0.4 is 10.6 Å². The number of aliphatic hydroxyl groups is 1. The fourth-order valence-corrected chi connectivity index (χ4v) is 2.42. The quantitative estimate of drug-likeness (QED) is 0.306. The highest BCUT2D eigenvalue weighted by molar-refractivity contribution is 5.94. The number of hydrogen-bond acceptors (Lipinski definition) is 6. The van der Waals surface area contributed by atoms with Gasteiger partial charge in [-0.2, -0.15) is 0 Å². The Balaban J connectivity index is 2.08. The predicted octanol–water partition coefficient (Wildman–Crippen LogP) is 0.312. The number of aromatic nitrogens is 2. The summed E-state index contributed by atoms with van der Waals surface area (Å²) in [7, 11) is 0. The van der Waals surface area contributed by atoms with Gasteiger partial charge >= 0.3 is 0 Å². The Kier molecular flexibility index (Phi) is 4.51. The van der Waals surface area contributed by atoms with Crippen LogP contribution in [-0.4, -0.2) is 45.3 Å². The van der Waals surface area contributed by atoms with Crippen LogP contribution in [0.5, 0.6) is 0 Å². The first-order valence-electron chi connectivity index (χ1n) is 6.43. The van der Waals surface area contributed by atoms with Gasteiger partial charge in [0, 0.05) is 19.2 Å². The second kappa shape index (κ2) is 6.33. The van der Waals surface area contributed by atoms with Crippen molar-refractivity contribution < 1.29 is 10.3 Å². The first-order valence-corrected chi connectivity index (χ1v) is 6.43. The molecule has 19 heavy (non-hydrogen) atoms. The fourth-order valence-electron chi connectivity index (χ4n) is 2.42. The minimum atomic E-state index is -0.0442. The molecule has 1 unspecified atom stereocenters. The lowest BCUT2D eigenvalue weighted by molar-refractivity contribution is 0.279. The Bertz CT molecular complexity index is 434. The number of rotatable bonds is 5. The van der Waals surface area contributed by atoms with Crippen LogP contribution in [0.4, 0.5) is 5.82 Å². The molecule has 0 amide bonds. The number of nitrogens with zero attached hydrogens (tertiary/aromatic N) is 4. The van der Waals surface area contributed by atoms with Gasteiger partial charge in [-0.1, -0.05) is 5.16 Å². The van der Waals surface area contributed by atoms with Crippen molar-refractivity contribution in [2.75, 3.05) is 18.1 Å². The van der Waals surface area contributed by atoms with Crippen LogP contribution in [0.25, 0.3) is 0 Å². The average molecular weight is 265 g/mol. The molecule has 104 valence electrons. The Hall–Kier alpha value is -1.89. The lowest BCUT2D eigenvalue weighted by Crippen LogP contribution is -2.30. The van der Waals surface area contributed by atoms with Gasteiger partial charge in [0.2, 0.25) is 0 Å². The van der Waals surface area contributed by atoms with E-state index in [1.54, 1.807) is 6.20 Å². The lowest BCUT2D eigenvalue weighted by atomic mass is 10.1. The average Bonchev–Trinajstić information content (AvgIpc) is 2.92. The molecule has 0 aliphatic carbocycles. The van der Waals surface area contributed by atoms with E-state index in [2.05, 4.69) is 20.0 Å². The number of nitrogens with two attached hydrogens (primary N) is 1. The summed E-state index contributed by atoms with van der Waals surface area (Å²) in [6, 6.07) is 0.413. The smallest absolute Gasteiger partial charge is 0.190 e. The maximum atomic E-state index is 8.91. The summed E-state index contributed by atoms with van der Waals surface area (Å²) in [5, 5.41) is 20.4. The van der Waals surface area contributed by atoms with E-state index < -0.39 is 0 Å². The fraction of sp³-hybridized carbons (Fsp3) is 0.583. The third-order valence-corrected chi connectivity index (χ3v) is 3.38. The van der Waals surface area contributed by atoms with E-state index in [0.717, 1.165) is 38.0 Å². The van der Waals surface area contributed by atoms with E-state index in [-0.39, 0.29) is 12.4 Å². The Morgan fingerprint density at radius 2 is 2.32 bits per heavy atom. The van der Waals surface area contributed by atoms with Crippen molar-refractivity contribution in [3.8, 4) is 0 Å². The molecule has 7 heteroatoms. The highest BCUT2D eigenvalue weighted by Crippen LogP contribution is 2.25. The number of hydrogen-bond donors (Lipinski definition) is 3. The molecule has 2 rings (SSSR count). The predicted molar refractivity (Wildman–Crippen MR) is 71.2 cm³/mol. The van der Waals surface area contributed by atoms with Gasteiger partial charge in [0.15, 0.2) is 5.84 Å². The summed E-state index contributed by atoms with van der Waals surface area (Å²) in [5.41, 5.74) is 5.81. The van der Waals surface area contributed by atoms with Crippen LogP contribution in [0.15, 0.2) is 17.5 Å². The monoisotopic (exact) mass is 265 g/mol. The molecule has 0 aromatic carbocycles. The van der Waals surface area contributed by atoms with E-state index >= 15 is 0 Å². The van der Waals surface area contributed by atoms with Crippen LogP contribution in [0, 0.1) is 0 Å². The second-order valence-electron chi connectivity index (χ2n) is 4.60. The highest BCUT2D eigenvalue weighted by atomic mass is 16.4. The molecule has 1 saturated heterocycles. The van der Waals surface area contributed by atoms with Crippen molar-refractivity contribution in [1.29, 1.82) is 0 Å². The zero-order chi connectivity index (χ0) is 13.7. The van der Waals surface area contributed by atoms with Gasteiger partial charge in [-0.3, -0.25) is 0 Å². The minimum Gasteiger partial charge on any atom is -0.409 e. The van der Waals surface area contributed by atoms with Gasteiger partial charge < -0.3 is 20.9 Å². The number of aliphatic hydroxyl groups excluding tert-OH is 1. The summed E-state index contributed by atoms with van der Waals surface area (Å²) in [6.45, 7) is 1.17. The molecular weight excluding hydrogens is 246 g/mol. The van der Waals surface area contributed by atoms with Crippen LogP contribution >= 0.6 is 0 Å². The first-order chi connectivity index (χ1) is 9.26. The second-order valence-corrected chi connectivity index (χ2v) is 4.60. The van der Waals surface area contributed by atoms with Crippen LogP contribution in [-0.2, 0) is 0 Å². The molecule has 2 heterocycles. The van der Waals surface area contributed by atoms with Gasteiger partial charge in [0.25, 0.3) is 0 Å². The van der Waals surface area contributed by atoms with Crippen molar-refractivity contribution in [1.82, 2.24) is 9.97 Å². The number of amidine groups is 1. The minimum absolute atomic E-state index is 0.0442. The molecule has 1 aromatic rings. The zero-order valence-electron chi connectivity index (χ0n) is 10.7. The summed E-state index contributed by atoms with van der Waals surface area (Å²) < 4.78 is 0. The van der Waals surface area contributed by atoms with E-state index in [4.69, 9.17) is 16.0 Å². The molecule has 0 spiro atoms. The molecule has 0 bridgehead atoms. The third-order valence-electron chi connectivity index (χ3n) is 3.38. The summed E-state index contributed by atoms with van der Waals surface area (Å²) >= 11 is 0. The molecule has 1 aromatic heterocycles. The standard InChI is InChI=1S/C12H19N5O2/c13-12(16-19)10-7-15-11(8-14-10)17-5-1-3-9(17)4-2-6-18/h7-9,18-19H,1-6H2,(H2,13,16). The van der Waals surface area contributed by atoms with Gasteiger partial charge in [-0.05, 0) is 25.7 Å². The zero-order valence-corrected chi connectivity index (χ0v) is 10.7. The number of anilines is 1. The van der Waals surface area contributed by atoms with Crippen molar-refractivity contribution in [2.45, 2.75) is 31.7 Å². The Morgan fingerprint density at radius 3 is 2.95 bits per heavy atom. The van der Waals surface area contributed by atoms with Crippen molar-refractivity contribution in [3.63, 3.8) is 0 Å². The van der Waals surface area contributed by atoms with E-state index in [1.165, 1.54) is 6.20 Å². The van der Waals surface area contributed by atoms with Crippen molar-refractivity contribution in [2.24, 2.45) is 10.9 Å². The molecule has 0 radical (unpaired) electrons. The van der Waals surface area contributed by atoms with E-state index in [1.807, 2.05) is 0 Å². The number of oxime groups is 1. The molecule has 1 aliphatic heterocycles. The molecule has 4 N–H and O–H groups in total. The van der Waals surface area contributed by atoms with Crippen LogP contribution in [0.3, 0.4) is 0 Å². The van der Waals surface area contributed by atoms with E-state index in [0.29, 0.717) is 11.7 Å². The maximum absolute atomic E-state index is 8.91. The molecule has 1 atom stereocenters. The normalized spacial score (nSPS) is 19.9. The molecular formula is C12H19N5O2. The molecule has 1 aliphatic rings. The van der Waals surface area contributed by atoms with Gasteiger partial charge in [-0.25, -0.2) is 9.97 Å². The SMILES string of the molecule is NC(=NO)c1cnc(N2CCCC2CCCO)cn1. The van der Waals surface area contributed by atoms with Crippen LogP contribution in [0.2, 0.25) is 0 Å². The summed E-state index contributed by atoms with van der Waals surface area (Å²) in [6.07, 6.45) is 7.15. The van der Waals surface area contributed by atoms with Gasteiger partial charge in [0.1, 0.15) is 11.5 Å². The Morgan fingerprint density at radius 1 is 1.47 bits per heavy atom. The summed E-state index contributed by atoms with van der Waals surface area (Å²) in [4.78, 5) is 10.7. The summed E-state index contributed by atoms with van der Waals surface area (Å²) in [5.74, 6) is 0.757. The van der Waals surface area contributed by atoms with Gasteiger partial charge in [-0.15, -0.1) is 0 Å². The first kappa shape index (κ1) is 13.5.